The third kappa shape index (κ3) is 2.70. The first kappa shape index (κ1) is 20.3. The molecular formula is C25H34O5. The molecule has 4 fully saturated rings. The fourth-order valence-electron chi connectivity index (χ4n) is 8.49. The second-order valence-corrected chi connectivity index (χ2v) is 11.0. The molecule has 4 aliphatic rings. The van der Waals surface area contributed by atoms with Crippen molar-refractivity contribution in [1.82, 2.24) is 0 Å². The largest absolute Gasteiger partial charge is 0.465 e. The van der Waals surface area contributed by atoms with Crippen LogP contribution in [0.15, 0.2) is 27.6 Å². The monoisotopic (exact) mass is 414 g/mol. The number of rotatable bonds is 3. The Morgan fingerprint density at radius 1 is 1.07 bits per heavy atom. The molecule has 30 heavy (non-hydrogen) atoms. The highest BCUT2D eigenvalue weighted by Crippen LogP contribution is 2.70. The second-order valence-electron chi connectivity index (χ2n) is 11.0. The molecule has 8 atom stereocenters. The van der Waals surface area contributed by atoms with Gasteiger partial charge in [0.2, 0.25) is 0 Å². The lowest BCUT2D eigenvalue weighted by Crippen LogP contribution is -2.62. The molecule has 0 saturated heterocycles. The Bertz CT molecular complexity index is 858. The minimum absolute atomic E-state index is 0.0673. The summed E-state index contributed by atoms with van der Waals surface area (Å²) >= 11 is 0. The molecule has 1 aromatic heterocycles. The molecule has 164 valence electrons. The summed E-state index contributed by atoms with van der Waals surface area (Å²) in [4.78, 5) is 22.3. The van der Waals surface area contributed by atoms with E-state index in [1.54, 1.807) is 6.26 Å². The maximum absolute atomic E-state index is 12.2. The van der Waals surface area contributed by atoms with Crippen molar-refractivity contribution >= 4 is 6.47 Å². The summed E-state index contributed by atoms with van der Waals surface area (Å²) in [6.45, 7) is 5.32. The van der Waals surface area contributed by atoms with Crippen LogP contribution in [0.3, 0.4) is 0 Å². The molecule has 5 rings (SSSR count). The van der Waals surface area contributed by atoms with Crippen molar-refractivity contribution in [3.63, 3.8) is 0 Å². The third-order valence-electron chi connectivity index (χ3n) is 10.2. The van der Waals surface area contributed by atoms with E-state index in [1.165, 1.54) is 6.07 Å². The molecule has 0 aliphatic heterocycles. The smallest absolute Gasteiger partial charge is 0.335 e. The molecule has 0 unspecified atom stereocenters. The third-order valence-corrected chi connectivity index (χ3v) is 10.2. The molecule has 1 heterocycles. The average Bonchev–Trinajstić information content (AvgIpc) is 3.01. The topological polar surface area (TPSA) is 76.7 Å². The minimum atomic E-state index is -0.666. The van der Waals surface area contributed by atoms with Gasteiger partial charge < -0.3 is 14.3 Å². The maximum Gasteiger partial charge on any atom is 0.335 e. The maximum atomic E-state index is 12.2. The van der Waals surface area contributed by atoms with E-state index in [9.17, 15) is 14.7 Å². The molecule has 0 amide bonds. The van der Waals surface area contributed by atoms with E-state index in [0.717, 1.165) is 63.4 Å². The van der Waals surface area contributed by atoms with Gasteiger partial charge in [0.1, 0.15) is 6.10 Å². The van der Waals surface area contributed by atoms with Gasteiger partial charge in [0, 0.05) is 11.5 Å². The summed E-state index contributed by atoms with van der Waals surface area (Å²) in [6.07, 6.45) is 10.8. The van der Waals surface area contributed by atoms with Gasteiger partial charge >= 0.3 is 5.63 Å². The van der Waals surface area contributed by atoms with Crippen LogP contribution in [-0.4, -0.2) is 23.3 Å². The van der Waals surface area contributed by atoms with Crippen molar-refractivity contribution in [3.8, 4) is 0 Å². The van der Waals surface area contributed by atoms with E-state index in [-0.39, 0.29) is 28.5 Å². The molecule has 1 aromatic rings. The first-order valence-corrected chi connectivity index (χ1v) is 11.7. The Morgan fingerprint density at radius 3 is 2.63 bits per heavy atom. The van der Waals surface area contributed by atoms with Crippen molar-refractivity contribution in [2.45, 2.75) is 89.3 Å². The Labute approximate surface area is 178 Å². The summed E-state index contributed by atoms with van der Waals surface area (Å²) in [5.41, 5.74) is 0.107. The van der Waals surface area contributed by atoms with Gasteiger partial charge in [-0.1, -0.05) is 13.8 Å². The van der Waals surface area contributed by atoms with Gasteiger partial charge in [0.25, 0.3) is 6.47 Å². The van der Waals surface area contributed by atoms with Crippen LogP contribution in [0.5, 0.6) is 0 Å². The van der Waals surface area contributed by atoms with E-state index in [4.69, 9.17) is 9.15 Å². The predicted octanol–water partition coefficient (Wildman–Crippen LogP) is 4.42. The molecule has 4 saturated carbocycles. The van der Waals surface area contributed by atoms with Crippen molar-refractivity contribution in [2.75, 3.05) is 0 Å². The molecule has 4 aliphatic carbocycles. The van der Waals surface area contributed by atoms with Crippen molar-refractivity contribution in [2.24, 2.45) is 28.6 Å². The van der Waals surface area contributed by atoms with Gasteiger partial charge in [-0.2, -0.15) is 0 Å². The van der Waals surface area contributed by atoms with E-state index in [1.807, 2.05) is 6.07 Å². The van der Waals surface area contributed by atoms with Crippen LogP contribution in [0.4, 0.5) is 0 Å². The number of hydrogen-bond donors (Lipinski definition) is 1. The fourth-order valence-corrected chi connectivity index (χ4v) is 8.49. The average molecular weight is 415 g/mol. The lowest BCUT2D eigenvalue weighted by atomic mass is 9.43. The predicted molar refractivity (Wildman–Crippen MR) is 112 cm³/mol. The molecule has 0 aromatic carbocycles. The Hall–Kier alpha value is -1.62. The number of fused-ring (bicyclic) bond motifs is 5. The van der Waals surface area contributed by atoms with Crippen molar-refractivity contribution in [1.29, 1.82) is 0 Å². The lowest BCUT2D eigenvalue weighted by Gasteiger charge is -2.63. The van der Waals surface area contributed by atoms with Crippen LogP contribution < -0.4 is 5.63 Å². The number of carbonyl (C=O) groups excluding carboxylic acids is 1. The molecule has 5 nitrogen and oxygen atoms in total. The SMILES string of the molecule is C[C@]12CC[C@H](OC=O)C[C@H]1CC[C@@H]1[C@@H]2CC[C@]2(C)[C@@H](c3ccc(=O)oc3)CC[C@]12O. The summed E-state index contributed by atoms with van der Waals surface area (Å²) in [6, 6.07) is 3.40. The van der Waals surface area contributed by atoms with E-state index in [0.29, 0.717) is 24.2 Å². The number of aliphatic hydroxyl groups is 1. The molecule has 0 spiro atoms. The van der Waals surface area contributed by atoms with Gasteiger partial charge in [0.15, 0.2) is 0 Å². The highest BCUT2D eigenvalue weighted by atomic mass is 16.5. The molecule has 1 N–H and O–H groups in total. The fraction of sp³-hybridized carbons (Fsp3) is 0.760. The van der Waals surface area contributed by atoms with Gasteiger partial charge in [-0.3, -0.25) is 4.79 Å². The van der Waals surface area contributed by atoms with Crippen LogP contribution in [0.25, 0.3) is 0 Å². The van der Waals surface area contributed by atoms with Crippen LogP contribution in [0, 0.1) is 28.6 Å². The molecule has 0 bridgehead atoms. The number of ether oxygens (including phenoxy) is 1. The first-order chi connectivity index (χ1) is 14.3. The van der Waals surface area contributed by atoms with E-state index in [2.05, 4.69) is 13.8 Å². The number of hydrogen-bond acceptors (Lipinski definition) is 5. The Morgan fingerprint density at radius 2 is 1.90 bits per heavy atom. The second kappa shape index (κ2) is 6.94. The molecular weight excluding hydrogens is 380 g/mol. The van der Waals surface area contributed by atoms with Crippen LogP contribution >= 0.6 is 0 Å². The van der Waals surface area contributed by atoms with Gasteiger partial charge in [-0.25, -0.2) is 4.79 Å². The van der Waals surface area contributed by atoms with E-state index >= 15 is 0 Å². The zero-order valence-electron chi connectivity index (χ0n) is 18.1. The zero-order valence-corrected chi connectivity index (χ0v) is 18.1. The summed E-state index contributed by atoms with van der Waals surface area (Å²) < 4.78 is 10.5. The number of carbonyl (C=O) groups is 1. The van der Waals surface area contributed by atoms with E-state index < -0.39 is 5.60 Å². The highest BCUT2D eigenvalue weighted by molar-refractivity contribution is 5.37. The standard InChI is InChI=1S/C25H34O5/c1-23-10-7-18(30-15-26)13-17(23)4-5-21-20(23)8-11-24(2)19(9-12-25(21,24)28)16-3-6-22(27)29-14-16/h3,6,14-15,17-21,28H,4-5,7-13H2,1-2H3/t17-,18+,19-,20+,21-,23+,24-,25+/m1/s1. The lowest BCUT2D eigenvalue weighted by molar-refractivity contribution is -0.206. The van der Waals surface area contributed by atoms with Gasteiger partial charge in [-0.05, 0) is 98.5 Å². The first-order valence-electron chi connectivity index (χ1n) is 11.7. The normalized spacial score (nSPS) is 47.6. The highest BCUT2D eigenvalue weighted by Gasteiger charge is 2.67. The summed E-state index contributed by atoms with van der Waals surface area (Å²) in [7, 11) is 0. The van der Waals surface area contributed by atoms with Crippen LogP contribution in [-0.2, 0) is 9.53 Å². The van der Waals surface area contributed by atoms with Crippen LogP contribution in [0.2, 0.25) is 0 Å². The summed E-state index contributed by atoms with van der Waals surface area (Å²) in [5.74, 6) is 1.65. The quantitative estimate of drug-likeness (QED) is 0.741. The molecule has 5 heteroatoms. The Kier molecular flexibility index (Phi) is 4.70. The van der Waals surface area contributed by atoms with Crippen molar-refractivity contribution < 1.29 is 19.1 Å². The van der Waals surface area contributed by atoms with Gasteiger partial charge in [-0.15, -0.1) is 0 Å². The zero-order chi connectivity index (χ0) is 21.1. The Balaban J connectivity index is 1.43. The van der Waals surface area contributed by atoms with Crippen molar-refractivity contribution in [3.05, 3.63) is 34.4 Å². The van der Waals surface area contributed by atoms with Gasteiger partial charge in [0.05, 0.1) is 11.9 Å². The van der Waals surface area contributed by atoms with Crippen LogP contribution in [0.1, 0.15) is 83.1 Å². The minimum Gasteiger partial charge on any atom is -0.465 e. The molecule has 0 radical (unpaired) electrons. The summed E-state index contributed by atoms with van der Waals surface area (Å²) in [5, 5.41) is 12.2.